The number of methoxy groups -OCH3 is 2. The molecule has 4 heteroatoms. The minimum atomic E-state index is -0.595. The second-order valence-electron chi connectivity index (χ2n) is 5.26. The Bertz CT molecular complexity index is 492. The quantitative estimate of drug-likeness (QED) is 0.737. The fraction of sp³-hybridized carbons (Fsp3) is 0.588. The molecule has 116 valence electrons. The molecule has 0 spiro atoms. The average molecular weight is 290 g/mol. The van der Waals surface area contributed by atoms with Gasteiger partial charge in [-0.2, -0.15) is 5.26 Å². The number of ether oxygens (including phenoxy) is 2. The smallest absolute Gasteiger partial charge is 0.165 e. The molecule has 0 N–H and O–H groups in total. The Morgan fingerprint density at radius 3 is 2.33 bits per heavy atom. The van der Waals surface area contributed by atoms with Gasteiger partial charge in [-0.05, 0) is 39.0 Å². The van der Waals surface area contributed by atoms with Crippen LogP contribution in [-0.2, 0) is 5.41 Å². The molecule has 1 unspecified atom stereocenters. The Balaban J connectivity index is 3.11. The third-order valence-electron chi connectivity index (χ3n) is 4.07. The lowest BCUT2D eigenvalue weighted by Gasteiger charge is -2.28. The molecule has 0 bridgehead atoms. The first-order valence-electron chi connectivity index (χ1n) is 7.41. The van der Waals surface area contributed by atoms with Gasteiger partial charge in [-0.15, -0.1) is 0 Å². The van der Waals surface area contributed by atoms with Crippen molar-refractivity contribution >= 4 is 0 Å². The summed E-state index contributed by atoms with van der Waals surface area (Å²) in [6.07, 6.45) is 0.759. The normalized spacial score (nSPS) is 13.6. The van der Waals surface area contributed by atoms with Gasteiger partial charge in [0.1, 0.15) is 0 Å². The van der Waals surface area contributed by atoms with Gasteiger partial charge in [0.15, 0.2) is 11.5 Å². The maximum atomic E-state index is 9.72. The maximum absolute atomic E-state index is 9.72. The summed E-state index contributed by atoms with van der Waals surface area (Å²) in [6.45, 7) is 9.12. The summed E-state index contributed by atoms with van der Waals surface area (Å²) < 4.78 is 10.8. The standard InChI is InChI=1S/C17H26N2O2/c1-6-19(7-2)12-11-17(3,13-18)14-9-8-10-15(20-4)16(14)21-5/h8-10H,6-7,11-12H2,1-5H3. The van der Waals surface area contributed by atoms with Gasteiger partial charge in [-0.25, -0.2) is 0 Å². The van der Waals surface area contributed by atoms with Gasteiger partial charge in [0, 0.05) is 5.56 Å². The molecule has 0 saturated heterocycles. The molecule has 1 atom stereocenters. The van der Waals surface area contributed by atoms with E-state index in [0.717, 1.165) is 31.6 Å². The summed E-state index contributed by atoms with van der Waals surface area (Å²) in [6, 6.07) is 8.17. The van der Waals surface area contributed by atoms with Crippen LogP contribution in [0.5, 0.6) is 11.5 Å². The highest BCUT2D eigenvalue weighted by atomic mass is 16.5. The van der Waals surface area contributed by atoms with Crippen molar-refractivity contribution in [3.8, 4) is 17.6 Å². The second-order valence-corrected chi connectivity index (χ2v) is 5.26. The molecule has 0 saturated carbocycles. The van der Waals surface area contributed by atoms with Crippen LogP contribution >= 0.6 is 0 Å². The van der Waals surface area contributed by atoms with Gasteiger partial charge in [0.2, 0.25) is 0 Å². The van der Waals surface area contributed by atoms with Crippen molar-refractivity contribution in [3.05, 3.63) is 23.8 Å². The first kappa shape index (κ1) is 17.3. The zero-order chi connectivity index (χ0) is 15.9. The molecule has 21 heavy (non-hydrogen) atoms. The van der Waals surface area contributed by atoms with E-state index in [4.69, 9.17) is 9.47 Å². The molecular formula is C17H26N2O2. The van der Waals surface area contributed by atoms with Crippen molar-refractivity contribution < 1.29 is 9.47 Å². The van der Waals surface area contributed by atoms with Crippen LogP contribution in [0.2, 0.25) is 0 Å². The Labute approximate surface area is 128 Å². The monoisotopic (exact) mass is 290 g/mol. The lowest BCUT2D eigenvalue weighted by Crippen LogP contribution is -2.31. The van der Waals surface area contributed by atoms with E-state index in [-0.39, 0.29) is 0 Å². The summed E-state index contributed by atoms with van der Waals surface area (Å²) in [5, 5.41) is 9.72. The van der Waals surface area contributed by atoms with E-state index in [1.165, 1.54) is 0 Å². The fourth-order valence-corrected chi connectivity index (χ4v) is 2.49. The van der Waals surface area contributed by atoms with E-state index in [0.29, 0.717) is 11.5 Å². The molecule has 0 amide bonds. The van der Waals surface area contributed by atoms with Crippen molar-refractivity contribution in [3.63, 3.8) is 0 Å². The molecule has 0 fully saturated rings. The lowest BCUT2D eigenvalue weighted by molar-refractivity contribution is 0.277. The molecule has 4 nitrogen and oxygen atoms in total. The van der Waals surface area contributed by atoms with Gasteiger partial charge in [0.05, 0.1) is 25.7 Å². The van der Waals surface area contributed by atoms with Crippen LogP contribution in [0.15, 0.2) is 18.2 Å². The van der Waals surface area contributed by atoms with Gasteiger partial charge in [-0.1, -0.05) is 26.0 Å². The highest BCUT2D eigenvalue weighted by Crippen LogP contribution is 2.40. The van der Waals surface area contributed by atoms with Crippen LogP contribution in [0, 0.1) is 11.3 Å². The molecule has 1 aromatic rings. The van der Waals surface area contributed by atoms with Crippen LogP contribution in [-0.4, -0.2) is 38.8 Å². The third-order valence-corrected chi connectivity index (χ3v) is 4.07. The second kappa shape index (κ2) is 7.90. The van der Waals surface area contributed by atoms with Gasteiger partial charge >= 0.3 is 0 Å². The largest absolute Gasteiger partial charge is 0.493 e. The molecule has 0 aliphatic heterocycles. The van der Waals surface area contributed by atoms with E-state index in [2.05, 4.69) is 24.8 Å². The van der Waals surface area contributed by atoms with E-state index < -0.39 is 5.41 Å². The van der Waals surface area contributed by atoms with Crippen molar-refractivity contribution in [2.45, 2.75) is 32.6 Å². The number of nitrogens with zero attached hydrogens (tertiary/aromatic N) is 2. The summed E-state index contributed by atoms with van der Waals surface area (Å²) in [7, 11) is 3.23. The fourth-order valence-electron chi connectivity index (χ4n) is 2.49. The van der Waals surface area contributed by atoms with Crippen molar-refractivity contribution in [1.82, 2.24) is 4.90 Å². The minimum Gasteiger partial charge on any atom is -0.493 e. The highest BCUT2D eigenvalue weighted by molar-refractivity contribution is 5.52. The van der Waals surface area contributed by atoms with Gasteiger partial charge in [-0.3, -0.25) is 0 Å². The van der Waals surface area contributed by atoms with Crippen LogP contribution in [0.3, 0.4) is 0 Å². The first-order chi connectivity index (χ1) is 10.1. The average Bonchev–Trinajstić information content (AvgIpc) is 2.54. The van der Waals surface area contributed by atoms with Crippen LogP contribution in [0.25, 0.3) is 0 Å². The van der Waals surface area contributed by atoms with Crippen molar-refractivity contribution in [1.29, 1.82) is 5.26 Å². The maximum Gasteiger partial charge on any atom is 0.165 e. The highest BCUT2D eigenvalue weighted by Gasteiger charge is 2.31. The molecule has 1 aromatic carbocycles. The Hall–Kier alpha value is -1.73. The third kappa shape index (κ3) is 3.89. The number of hydrogen-bond acceptors (Lipinski definition) is 4. The number of hydrogen-bond donors (Lipinski definition) is 0. The zero-order valence-corrected chi connectivity index (χ0v) is 13.8. The Kier molecular flexibility index (Phi) is 6.51. The summed E-state index contributed by atoms with van der Waals surface area (Å²) in [5.41, 5.74) is 0.293. The van der Waals surface area contributed by atoms with E-state index in [9.17, 15) is 5.26 Å². The number of rotatable bonds is 8. The lowest BCUT2D eigenvalue weighted by atomic mass is 9.80. The molecule has 0 aliphatic carbocycles. The van der Waals surface area contributed by atoms with Crippen LogP contribution < -0.4 is 9.47 Å². The first-order valence-corrected chi connectivity index (χ1v) is 7.41. The van der Waals surface area contributed by atoms with Gasteiger partial charge in [0.25, 0.3) is 0 Å². The van der Waals surface area contributed by atoms with Crippen molar-refractivity contribution in [2.24, 2.45) is 0 Å². The topological polar surface area (TPSA) is 45.5 Å². The summed E-state index contributed by atoms with van der Waals surface area (Å²) in [4.78, 5) is 2.32. The van der Waals surface area contributed by atoms with Crippen molar-refractivity contribution in [2.75, 3.05) is 33.9 Å². The van der Waals surface area contributed by atoms with E-state index in [1.807, 2.05) is 25.1 Å². The molecule has 1 rings (SSSR count). The predicted molar refractivity (Wildman–Crippen MR) is 84.9 cm³/mol. The van der Waals surface area contributed by atoms with E-state index in [1.54, 1.807) is 14.2 Å². The Morgan fingerprint density at radius 1 is 1.19 bits per heavy atom. The molecule has 0 aliphatic rings. The Morgan fingerprint density at radius 2 is 1.86 bits per heavy atom. The SMILES string of the molecule is CCN(CC)CCC(C)(C#N)c1cccc(OC)c1OC. The molecule has 0 aromatic heterocycles. The predicted octanol–water partition coefficient (Wildman–Crippen LogP) is 3.22. The minimum absolute atomic E-state index is 0.595. The summed E-state index contributed by atoms with van der Waals surface area (Å²) in [5.74, 6) is 1.32. The zero-order valence-electron chi connectivity index (χ0n) is 13.8. The van der Waals surface area contributed by atoms with E-state index >= 15 is 0 Å². The van der Waals surface area contributed by atoms with Crippen LogP contribution in [0.1, 0.15) is 32.8 Å². The van der Waals surface area contributed by atoms with Gasteiger partial charge < -0.3 is 14.4 Å². The molecule has 0 heterocycles. The molecular weight excluding hydrogens is 264 g/mol. The number of nitriles is 1. The molecule has 0 radical (unpaired) electrons. The summed E-state index contributed by atoms with van der Waals surface area (Å²) >= 11 is 0. The number of benzene rings is 1. The van der Waals surface area contributed by atoms with Crippen LogP contribution in [0.4, 0.5) is 0 Å². The number of para-hydroxylation sites is 1.